The molecule has 0 saturated heterocycles. The van der Waals surface area contributed by atoms with Gasteiger partial charge < -0.3 is 10.5 Å². The van der Waals surface area contributed by atoms with Gasteiger partial charge in [-0.25, -0.2) is 0 Å². The second-order valence-corrected chi connectivity index (χ2v) is 3.24. The van der Waals surface area contributed by atoms with Gasteiger partial charge in [0.2, 0.25) is 0 Å². The third-order valence-corrected chi connectivity index (χ3v) is 1.79. The predicted molar refractivity (Wildman–Crippen MR) is 51.8 cm³/mol. The molecule has 0 aliphatic carbocycles. The lowest BCUT2D eigenvalue weighted by Gasteiger charge is -2.21. The van der Waals surface area contributed by atoms with Gasteiger partial charge in [0, 0.05) is 12.0 Å². The number of rotatable bonds is 5. The van der Waals surface area contributed by atoms with Gasteiger partial charge in [0.15, 0.2) is 0 Å². The highest BCUT2D eigenvalue weighted by molar-refractivity contribution is 4.94. The van der Waals surface area contributed by atoms with Crippen LogP contribution in [0, 0.1) is 11.8 Å². The van der Waals surface area contributed by atoms with E-state index in [9.17, 15) is 0 Å². The zero-order valence-electron chi connectivity index (χ0n) is 8.31. The maximum absolute atomic E-state index is 5.87. The smallest absolute Gasteiger partial charge is 0.0643 e. The Bertz CT molecular complexity index is 164. The molecule has 2 N–H and O–H groups in total. The van der Waals surface area contributed by atoms with Crippen LogP contribution < -0.4 is 5.73 Å². The maximum atomic E-state index is 5.87. The Hall–Kier alpha value is -0.520. The summed E-state index contributed by atoms with van der Waals surface area (Å²) in [7, 11) is 0. The number of nitrogens with two attached hydrogens (primary N) is 1. The molecule has 0 aliphatic heterocycles. The molecule has 0 spiro atoms. The van der Waals surface area contributed by atoms with E-state index in [2.05, 4.69) is 18.8 Å². The average Bonchev–Trinajstić information content (AvgIpc) is 2.04. The highest BCUT2D eigenvalue weighted by Gasteiger charge is 2.14. The molecule has 70 valence electrons. The van der Waals surface area contributed by atoms with E-state index in [4.69, 9.17) is 10.5 Å². The summed E-state index contributed by atoms with van der Waals surface area (Å²) in [6.45, 7) is 7.20. The minimum absolute atomic E-state index is 0.181. The van der Waals surface area contributed by atoms with Gasteiger partial charge in [-0.3, -0.25) is 0 Å². The predicted octanol–water partition coefficient (Wildman–Crippen LogP) is 1.54. The van der Waals surface area contributed by atoms with E-state index >= 15 is 0 Å². The fraction of sp³-hybridized carbons (Fsp3) is 0.800. The Morgan fingerprint density at radius 3 is 2.67 bits per heavy atom. The summed E-state index contributed by atoms with van der Waals surface area (Å²) >= 11 is 0. The van der Waals surface area contributed by atoms with Crippen molar-refractivity contribution in [1.82, 2.24) is 0 Å². The third-order valence-electron chi connectivity index (χ3n) is 1.79. The first-order chi connectivity index (χ1) is 5.62. The first-order valence-corrected chi connectivity index (χ1v) is 4.38. The SMILES string of the molecule is CC#CCCOCC(C)(N)CC. The molecule has 1 atom stereocenters. The Labute approximate surface area is 75.5 Å². The largest absolute Gasteiger partial charge is 0.379 e. The third kappa shape index (κ3) is 6.21. The monoisotopic (exact) mass is 169 g/mol. The van der Waals surface area contributed by atoms with E-state index in [-0.39, 0.29) is 5.54 Å². The molecule has 0 bridgehead atoms. The van der Waals surface area contributed by atoms with Gasteiger partial charge in [0.1, 0.15) is 0 Å². The molecular weight excluding hydrogens is 150 g/mol. The number of ether oxygens (including phenoxy) is 1. The molecule has 0 heterocycles. The average molecular weight is 169 g/mol. The molecule has 12 heavy (non-hydrogen) atoms. The van der Waals surface area contributed by atoms with Crippen LogP contribution in [0.2, 0.25) is 0 Å². The highest BCUT2D eigenvalue weighted by atomic mass is 16.5. The fourth-order valence-corrected chi connectivity index (χ4v) is 0.656. The molecule has 2 nitrogen and oxygen atoms in total. The van der Waals surface area contributed by atoms with Crippen molar-refractivity contribution >= 4 is 0 Å². The van der Waals surface area contributed by atoms with Gasteiger partial charge in [-0.2, -0.15) is 0 Å². The first kappa shape index (κ1) is 11.5. The van der Waals surface area contributed by atoms with Crippen LogP contribution in [0.4, 0.5) is 0 Å². The summed E-state index contributed by atoms with van der Waals surface area (Å²) in [5.74, 6) is 5.75. The highest BCUT2D eigenvalue weighted by Crippen LogP contribution is 2.04. The van der Waals surface area contributed by atoms with E-state index < -0.39 is 0 Å². The zero-order chi connectivity index (χ0) is 9.45. The Morgan fingerprint density at radius 2 is 2.17 bits per heavy atom. The lowest BCUT2D eigenvalue weighted by molar-refractivity contribution is 0.0939. The van der Waals surface area contributed by atoms with Crippen molar-refractivity contribution in [2.75, 3.05) is 13.2 Å². The van der Waals surface area contributed by atoms with Crippen molar-refractivity contribution < 1.29 is 4.74 Å². The molecule has 0 amide bonds. The lowest BCUT2D eigenvalue weighted by atomic mass is 10.0. The normalized spacial score (nSPS) is 14.7. The van der Waals surface area contributed by atoms with E-state index in [1.165, 1.54) is 0 Å². The van der Waals surface area contributed by atoms with Gasteiger partial charge in [-0.05, 0) is 20.3 Å². The molecule has 0 saturated carbocycles. The van der Waals surface area contributed by atoms with Crippen molar-refractivity contribution in [3.63, 3.8) is 0 Å². The van der Waals surface area contributed by atoms with E-state index in [0.29, 0.717) is 13.2 Å². The quantitative estimate of drug-likeness (QED) is 0.500. The van der Waals surface area contributed by atoms with Gasteiger partial charge in [0.05, 0.1) is 13.2 Å². The van der Waals surface area contributed by atoms with E-state index in [1.54, 1.807) is 0 Å². The van der Waals surface area contributed by atoms with Crippen LogP contribution in [0.1, 0.15) is 33.6 Å². The van der Waals surface area contributed by atoms with Crippen LogP contribution >= 0.6 is 0 Å². The van der Waals surface area contributed by atoms with Gasteiger partial charge >= 0.3 is 0 Å². The van der Waals surface area contributed by atoms with Crippen molar-refractivity contribution in [3.05, 3.63) is 0 Å². The van der Waals surface area contributed by atoms with Crippen LogP contribution in [0.15, 0.2) is 0 Å². The van der Waals surface area contributed by atoms with Gasteiger partial charge in [-0.1, -0.05) is 6.92 Å². The molecule has 0 aromatic heterocycles. The van der Waals surface area contributed by atoms with Crippen LogP contribution in [-0.2, 0) is 4.74 Å². The molecule has 0 aliphatic rings. The summed E-state index contributed by atoms with van der Waals surface area (Å²) in [5.41, 5.74) is 5.69. The number of hydrogen-bond donors (Lipinski definition) is 1. The molecule has 0 radical (unpaired) electrons. The first-order valence-electron chi connectivity index (χ1n) is 4.38. The van der Waals surface area contributed by atoms with Crippen LogP contribution in [0.3, 0.4) is 0 Å². The summed E-state index contributed by atoms with van der Waals surface area (Å²) in [5, 5.41) is 0. The van der Waals surface area contributed by atoms with Crippen molar-refractivity contribution in [1.29, 1.82) is 0 Å². The van der Waals surface area contributed by atoms with E-state index in [1.807, 2.05) is 13.8 Å². The minimum Gasteiger partial charge on any atom is -0.379 e. The molecule has 0 fully saturated rings. The molecule has 0 rings (SSSR count). The Balaban J connectivity index is 3.35. The summed E-state index contributed by atoms with van der Waals surface area (Å²) in [6, 6.07) is 0. The van der Waals surface area contributed by atoms with Crippen molar-refractivity contribution in [3.8, 4) is 11.8 Å². The van der Waals surface area contributed by atoms with Crippen LogP contribution in [-0.4, -0.2) is 18.8 Å². The molecule has 2 heteroatoms. The Kier molecular flexibility index (Phi) is 5.79. The van der Waals surface area contributed by atoms with Crippen LogP contribution in [0.25, 0.3) is 0 Å². The Morgan fingerprint density at radius 1 is 1.50 bits per heavy atom. The van der Waals surface area contributed by atoms with Gasteiger partial charge in [0.25, 0.3) is 0 Å². The molecule has 1 unspecified atom stereocenters. The van der Waals surface area contributed by atoms with Gasteiger partial charge in [-0.15, -0.1) is 11.8 Å². The fourth-order valence-electron chi connectivity index (χ4n) is 0.656. The van der Waals surface area contributed by atoms with Crippen LogP contribution in [0.5, 0.6) is 0 Å². The lowest BCUT2D eigenvalue weighted by Crippen LogP contribution is -2.40. The summed E-state index contributed by atoms with van der Waals surface area (Å²) < 4.78 is 5.36. The molecular formula is C10H19NO. The van der Waals surface area contributed by atoms with E-state index in [0.717, 1.165) is 12.8 Å². The molecule has 0 aromatic carbocycles. The maximum Gasteiger partial charge on any atom is 0.0643 e. The van der Waals surface area contributed by atoms with Crippen molar-refractivity contribution in [2.24, 2.45) is 5.73 Å². The second kappa shape index (κ2) is 6.05. The topological polar surface area (TPSA) is 35.2 Å². The summed E-state index contributed by atoms with van der Waals surface area (Å²) in [6.07, 6.45) is 1.74. The number of hydrogen-bond acceptors (Lipinski definition) is 2. The minimum atomic E-state index is -0.181. The summed E-state index contributed by atoms with van der Waals surface area (Å²) in [4.78, 5) is 0. The second-order valence-electron chi connectivity index (χ2n) is 3.24. The molecule has 0 aromatic rings. The standard InChI is InChI=1S/C10H19NO/c1-4-6-7-8-12-9-10(3,11)5-2/h5,7-9,11H2,1-3H3. The zero-order valence-corrected chi connectivity index (χ0v) is 8.31. The van der Waals surface area contributed by atoms with Crippen molar-refractivity contribution in [2.45, 2.75) is 39.2 Å².